The molecule has 0 amide bonds. The van der Waals surface area contributed by atoms with Gasteiger partial charge in [-0.25, -0.2) is 0 Å². The van der Waals surface area contributed by atoms with Crippen LogP contribution in [0.3, 0.4) is 0 Å². The first-order valence-electron chi connectivity index (χ1n) is 6.41. The van der Waals surface area contributed by atoms with Crippen molar-refractivity contribution in [2.45, 2.75) is 33.6 Å². The Morgan fingerprint density at radius 2 is 1.42 bits per heavy atom. The highest BCUT2D eigenvalue weighted by atomic mass is 16.6. The van der Waals surface area contributed by atoms with E-state index in [0.717, 1.165) is 0 Å². The van der Waals surface area contributed by atoms with Crippen molar-refractivity contribution in [2.24, 2.45) is 11.8 Å². The summed E-state index contributed by atoms with van der Waals surface area (Å²) in [5.41, 5.74) is 0. The lowest BCUT2D eigenvalue weighted by Gasteiger charge is -2.22. The number of hydrogen-bond acceptors (Lipinski definition) is 6. The molecular formula is C13H22O6. The lowest BCUT2D eigenvalue weighted by atomic mass is 9.87. The maximum atomic E-state index is 11.9. The standard InChI is InChI=1S/C13H22O6/c1-5-9(8-10(14)17-4)11(12(15)18-6-2)13(16)19-7-3/h9,11H,5-8H2,1-4H3. The van der Waals surface area contributed by atoms with Crippen molar-refractivity contribution < 1.29 is 28.6 Å². The molecular weight excluding hydrogens is 252 g/mol. The monoisotopic (exact) mass is 274 g/mol. The van der Waals surface area contributed by atoms with Gasteiger partial charge in [0.2, 0.25) is 0 Å². The molecule has 0 spiro atoms. The van der Waals surface area contributed by atoms with E-state index in [1.807, 2.05) is 0 Å². The lowest BCUT2D eigenvalue weighted by Crippen LogP contribution is -2.35. The largest absolute Gasteiger partial charge is 0.469 e. The minimum atomic E-state index is -1.08. The normalized spacial score (nSPS) is 11.8. The van der Waals surface area contributed by atoms with Gasteiger partial charge in [0.15, 0.2) is 5.92 Å². The van der Waals surface area contributed by atoms with Gasteiger partial charge in [-0.2, -0.15) is 0 Å². The molecule has 1 unspecified atom stereocenters. The first-order valence-corrected chi connectivity index (χ1v) is 6.41. The molecule has 0 aromatic rings. The first-order chi connectivity index (χ1) is 9.01. The fourth-order valence-electron chi connectivity index (χ4n) is 1.74. The number of ether oxygens (including phenoxy) is 3. The van der Waals surface area contributed by atoms with E-state index in [1.165, 1.54) is 7.11 Å². The molecule has 110 valence electrons. The van der Waals surface area contributed by atoms with E-state index in [2.05, 4.69) is 4.74 Å². The average molecular weight is 274 g/mol. The topological polar surface area (TPSA) is 78.9 Å². The Hall–Kier alpha value is -1.59. The third-order valence-corrected chi connectivity index (χ3v) is 2.73. The molecule has 0 aromatic heterocycles. The van der Waals surface area contributed by atoms with E-state index in [4.69, 9.17) is 9.47 Å². The number of methoxy groups -OCH3 is 1. The van der Waals surface area contributed by atoms with Crippen molar-refractivity contribution >= 4 is 17.9 Å². The second-order valence-electron chi connectivity index (χ2n) is 3.93. The van der Waals surface area contributed by atoms with Crippen molar-refractivity contribution in [1.82, 2.24) is 0 Å². The van der Waals surface area contributed by atoms with Crippen molar-refractivity contribution in [3.05, 3.63) is 0 Å². The molecule has 0 saturated heterocycles. The van der Waals surface area contributed by atoms with Gasteiger partial charge in [0.1, 0.15) is 0 Å². The second-order valence-corrected chi connectivity index (χ2v) is 3.93. The van der Waals surface area contributed by atoms with Crippen molar-refractivity contribution in [1.29, 1.82) is 0 Å². The van der Waals surface area contributed by atoms with E-state index < -0.39 is 29.7 Å². The van der Waals surface area contributed by atoms with Crippen molar-refractivity contribution in [2.75, 3.05) is 20.3 Å². The van der Waals surface area contributed by atoms with E-state index in [9.17, 15) is 14.4 Å². The molecule has 0 saturated carbocycles. The second kappa shape index (κ2) is 9.35. The maximum Gasteiger partial charge on any atom is 0.320 e. The summed E-state index contributed by atoms with van der Waals surface area (Å²) in [6.45, 7) is 5.44. The van der Waals surface area contributed by atoms with Gasteiger partial charge in [-0.05, 0) is 19.8 Å². The number of hydrogen-bond donors (Lipinski definition) is 0. The predicted molar refractivity (Wildman–Crippen MR) is 67.2 cm³/mol. The molecule has 0 N–H and O–H groups in total. The van der Waals surface area contributed by atoms with Gasteiger partial charge in [-0.1, -0.05) is 13.3 Å². The van der Waals surface area contributed by atoms with Crippen LogP contribution in [-0.4, -0.2) is 38.2 Å². The van der Waals surface area contributed by atoms with Gasteiger partial charge in [0.05, 0.1) is 20.3 Å². The zero-order valence-corrected chi connectivity index (χ0v) is 11.9. The van der Waals surface area contributed by atoms with Gasteiger partial charge >= 0.3 is 17.9 Å². The predicted octanol–water partition coefficient (Wildman–Crippen LogP) is 1.32. The Bertz CT molecular complexity index is 294. The smallest absolute Gasteiger partial charge is 0.320 e. The zero-order valence-electron chi connectivity index (χ0n) is 11.9. The summed E-state index contributed by atoms with van der Waals surface area (Å²) in [6, 6.07) is 0. The summed E-state index contributed by atoms with van der Waals surface area (Å²) < 4.78 is 14.3. The minimum Gasteiger partial charge on any atom is -0.469 e. The van der Waals surface area contributed by atoms with E-state index >= 15 is 0 Å². The zero-order chi connectivity index (χ0) is 14.8. The SMILES string of the molecule is CCOC(=O)C(C(=O)OCC)C(CC)CC(=O)OC. The molecule has 0 aliphatic rings. The lowest BCUT2D eigenvalue weighted by molar-refractivity contribution is -0.165. The van der Waals surface area contributed by atoms with Crippen LogP contribution in [0.4, 0.5) is 0 Å². The number of carbonyl (C=O) groups excluding carboxylic acids is 3. The van der Waals surface area contributed by atoms with Crippen LogP contribution in [0.2, 0.25) is 0 Å². The molecule has 0 bridgehead atoms. The molecule has 6 heteroatoms. The molecule has 0 aliphatic carbocycles. The van der Waals surface area contributed by atoms with E-state index in [1.54, 1.807) is 20.8 Å². The molecule has 0 aromatic carbocycles. The fraction of sp³-hybridized carbons (Fsp3) is 0.769. The Balaban J connectivity index is 5.00. The molecule has 0 heterocycles. The molecule has 0 aliphatic heterocycles. The summed E-state index contributed by atoms with van der Waals surface area (Å²) in [6.07, 6.45) is 0.451. The first kappa shape index (κ1) is 17.4. The quantitative estimate of drug-likeness (QED) is 0.377. The third kappa shape index (κ3) is 5.72. The molecule has 0 rings (SSSR count). The van der Waals surface area contributed by atoms with Crippen LogP contribution in [0, 0.1) is 11.8 Å². The van der Waals surface area contributed by atoms with Crippen LogP contribution in [0.5, 0.6) is 0 Å². The van der Waals surface area contributed by atoms with Gasteiger partial charge in [0, 0.05) is 6.42 Å². The minimum absolute atomic E-state index is 0.0186. The highest BCUT2D eigenvalue weighted by Crippen LogP contribution is 2.23. The van der Waals surface area contributed by atoms with Crippen LogP contribution in [0.1, 0.15) is 33.6 Å². The summed E-state index contributed by atoms with van der Waals surface area (Å²) in [5, 5.41) is 0. The van der Waals surface area contributed by atoms with E-state index in [0.29, 0.717) is 6.42 Å². The van der Waals surface area contributed by atoms with Gasteiger partial charge < -0.3 is 14.2 Å². The van der Waals surface area contributed by atoms with Crippen LogP contribution in [0.15, 0.2) is 0 Å². The summed E-state index contributed by atoms with van der Waals surface area (Å²) in [7, 11) is 1.26. The Labute approximate surface area is 113 Å². The molecule has 19 heavy (non-hydrogen) atoms. The number of esters is 3. The third-order valence-electron chi connectivity index (χ3n) is 2.73. The molecule has 0 fully saturated rings. The molecule has 0 radical (unpaired) electrons. The van der Waals surface area contributed by atoms with Gasteiger partial charge in [-0.15, -0.1) is 0 Å². The van der Waals surface area contributed by atoms with Crippen molar-refractivity contribution in [3.8, 4) is 0 Å². The van der Waals surface area contributed by atoms with Gasteiger partial charge in [0.25, 0.3) is 0 Å². The van der Waals surface area contributed by atoms with Crippen LogP contribution >= 0.6 is 0 Å². The van der Waals surface area contributed by atoms with Crippen LogP contribution < -0.4 is 0 Å². The number of carbonyl (C=O) groups is 3. The van der Waals surface area contributed by atoms with E-state index in [-0.39, 0.29) is 19.6 Å². The number of rotatable bonds is 8. The summed E-state index contributed by atoms with van der Waals surface area (Å²) >= 11 is 0. The molecule has 6 nitrogen and oxygen atoms in total. The fourth-order valence-corrected chi connectivity index (χ4v) is 1.74. The van der Waals surface area contributed by atoms with Gasteiger partial charge in [-0.3, -0.25) is 14.4 Å². The Morgan fingerprint density at radius 1 is 0.947 bits per heavy atom. The summed E-state index contributed by atoms with van der Waals surface area (Å²) in [4.78, 5) is 35.0. The van der Waals surface area contributed by atoms with Crippen molar-refractivity contribution in [3.63, 3.8) is 0 Å². The Kier molecular flexibility index (Phi) is 8.57. The highest BCUT2D eigenvalue weighted by Gasteiger charge is 2.37. The molecule has 1 atom stereocenters. The van der Waals surface area contributed by atoms with Crippen LogP contribution in [0.25, 0.3) is 0 Å². The average Bonchev–Trinajstić information content (AvgIpc) is 2.38. The maximum absolute atomic E-state index is 11.9. The van der Waals surface area contributed by atoms with Crippen LogP contribution in [-0.2, 0) is 28.6 Å². The Morgan fingerprint density at radius 3 is 1.74 bits per heavy atom. The summed E-state index contributed by atoms with van der Waals surface area (Å²) in [5.74, 6) is -3.34. The highest BCUT2D eigenvalue weighted by molar-refractivity contribution is 5.95.